The third-order valence-electron chi connectivity index (χ3n) is 8.94. The summed E-state index contributed by atoms with van der Waals surface area (Å²) in [7, 11) is 2.12. The number of pyridine rings is 1. The van der Waals surface area contributed by atoms with Crippen LogP contribution in [0.4, 0.5) is 16.3 Å². The number of amides is 1. The number of carbonyl (C=O) groups is 1. The van der Waals surface area contributed by atoms with E-state index < -0.39 is 5.60 Å². The van der Waals surface area contributed by atoms with Crippen molar-refractivity contribution in [1.29, 1.82) is 5.26 Å². The van der Waals surface area contributed by atoms with Crippen LogP contribution < -0.4 is 14.5 Å². The van der Waals surface area contributed by atoms with Gasteiger partial charge in [-0.15, -0.1) is 0 Å². The van der Waals surface area contributed by atoms with Gasteiger partial charge in [-0.05, 0) is 71.1 Å². The lowest BCUT2D eigenvalue weighted by molar-refractivity contribution is 0.0240. The van der Waals surface area contributed by atoms with E-state index in [1.807, 2.05) is 32.9 Å². The van der Waals surface area contributed by atoms with Crippen molar-refractivity contribution in [3.8, 4) is 11.9 Å². The van der Waals surface area contributed by atoms with Crippen LogP contribution in [0, 0.1) is 11.3 Å². The third-order valence-corrected chi connectivity index (χ3v) is 9.25. The van der Waals surface area contributed by atoms with Crippen LogP contribution in [0.25, 0.3) is 10.8 Å². The van der Waals surface area contributed by atoms with Crippen LogP contribution in [0.3, 0.4) is 0 Å². The van der Waals surface area contributed by atoms with E-state index in [-0.39, 0.29) is 6.09 Å². The van der Waals surface area contributed by atoms with Crippen molar-refractivity contribution in [1.82, 2.24) is 14.8 Å². The first kappa shape index (κ1) is 30.3. The Hall–Kier alpha value is -3.74. The van der Waals surface area contributed by atoms with Crippen molar-refractivity contribution >= 4 is 40.0 Å². The molecule has 0 saturated carbocycles. The molecule has 3 aromatic rings. The zero-order valence-electron chi connectivity index (χ0n) is 26.1. The molecule has 2 aromatic carbocycles. The molecule has 0 radical (unpaired) electrons. The van der Waals surface area contributed by atoms with Crippen LogP contribution in [-0.4, -0.2) is 85.4 Å². The minimum absolute atomic E-state index is 0.291. The Kier molecular flexibility index (Phi) is 8.49. The maximum absolute atomic E-state index is 12.7. The summed E-state index contributed by atoms with van der Waals surface area (Å²) in [5.74, 6) is 1.25. The number of hydrogen-bond acceptors (Lipinski definition) is 8. The molecular formula is C34H41ClN6O3. The number of carbonyl (C=O) groups excluding carboxylic acids is 1. The number of hydrogen-bond donors (Lipinski definition) is 0. The van der Waals surface area contributed by atoms with Crippen molar-refractivity contribution in [2.24, 2.45) is 0 Å². The van der Waals surface area contributed by atoms with Gasteiger partial charge in [0.05, 0.1) is 5.02 Å². The molecule has 2 saturated heterocycles. The molecule has 10 heteroatoms. The lowest BCUT2D eigenvalue weighted by Crippen LogP contribution is -2.50. The molecule has 0 N–H and O–H groups in total. The second-order valence-electron chi connectivity index (χ2n) is 13.0. The van der Waals surface area contributed by atoms with Crippen molar-refractivity contribution in [3.63, 3.8) is 0 Å². The number of nitriles is 1. The molecule has 1 aromatic heterocycles. The second-order valence-corrected chi connectivity index (χ2v) is 13.4. The minimum atomic E-state index is -0.540. The Balaban J connectivity index is 1.34. The number of anilines is 2. The van der Waals surface area contributed by atoms with Crippen molar-refractivity contribution in [2.45, 2.75) is 58.2 Å². The van der Waals surface area contributed by atoms with Gasteiger partial charge < -0.3 is 29.1 Å². The highest BCUT2D eigenvalue weighted by molar-refractivity contribution is 6.36. The lowest BCUT2D eigenvalue weighted by Gasteiger charge is -2.39. The largest absolute Gasteiger partial charge is 0.475 e. The highest BCUT2D eigenvalue weighted by atomic mass is 35.5. The molecule has 6 rings (SSSR count). The molecule has 0 aliphatic carbocycles. The molecule has 44 heavy (non-hydrogen) atoms. The fourth-order valence-electron chi connectivity index (χ4n) is 6.61. The number of piperazine rings is 1. The van der Waals surface area contributed by atoms with E-state index in [0.717, 1.165) is 65.8 Å². The fourth-order valence-corrected chi connectivity index (χ4v) is 6.89. The van der Waals surface area contributed by atoms with Gasteiger partial charge in [0.2, 0.25) is 5.88 Å². The maximum atomic E-state index is 12.7. The normalized spacial score (nSPS) is 19.2. The lowest BCUT2D eigenvalue weighted by atomic mass is 9.94. The molecule has 1 atom stereocenters. The SMILES string of the molecule is CN1CCC[C@H]1COc1nc(N2CCN(C(=O)OC(C)(C)C)CC2)c2c(c1C#N)CN(c1cccc3cccc(Cl)c13)CC2. The minimum Gasteiger partial charge on any atom is -0.475 e. The van der Waals surface area contributed by atoms with Gasteiger partial charge >= 0.3 is 6.09 Å². The number of aromatic nitrogens is 1. The molecule has 232 valence electrons. The standard InChI is InChI=1S/C34H41ClN6O3/c1-34(2,3)44-33(42)40-18-16-39(17-19-40)31-25-13-15-41(29-12-6-9-23-8-5-11-28(35)30(23)29)21-27(25)26(20-36)32(37-31)43-22-24-10-7-14-38(24)4/h5-6,8-9,11-12,24H,7,10,13-19,21-22H2,1-4H3/t24-/m0/s1. The van der Waals surface area contributed by atoms with Gasteiger partial charge in [-0.1, -0.05) is 35.9 Å². The number of likely N-dealkylation sites (tertiary alicyclic amines) is 1. The quantitative estimate of drug-likeness (QED) is 0.353. The first-order chi connectivity index (χ1) is 21.1. The molecule has 4 heterocycles. The number of likely N-dealkylation sites (N-methyl/N-ethyl adjacent to an activating group) is 1. The summed E-state index contributed by atoms with van der Waals surface area (Å²) in [5.41, 5.74) is 3.06. The number of benzene rings is 2. The van der Waals surface area contributed by atoms with Crippen LogP contribution in [0.2, 0.25) is 5.02 Å². The Morgan fingerprint density at radius 2 is 1.80 bits per heavy atom. The van der Waals surface area contributed by atoms with Gasteiger partial charge in [0.15, 0.2) is 0 Å². The number of halogens is 1. The molecule has 3 aliphatic rings. The molecule has 3 aliphatic heterocycles. The molecule has 0 unspecified atom stereocenters. The Labute approximate surface area is 264 Å². The van der Waals surface area contributed by atoms with Gasteiger partial charge in [0, 0.05) is 67.5 Å². The monoisotopic (exact) mass is 616 g/mol. The molecule has 0 spiro atoms. The van der Waals surface area contributed by atoms with Crippen LogP contribution >= 0.6 is 11.6 Å². The number of ether oxygens (including phenoxy) is 2. The number of rotatable bonds is 5. The van der Waals surface area contributed by atoms with E-state index in [1.54, 1.807) is 4.90 Å². The average Bonchev–Trinajstić information content (AvgIpc) is 3.42. The summed E-state index contributed by atoms with van der Waals surface area (Å²) < 4.78 is 12.0. The predicted molar refractivity (Wildman–Crippen MR) is 174 cm³/mol. The molecular weight excluding hydrogens is 576 g/mol. The topological polar surface area (TPSA) is 85.2 Å². The fraction of sp³-hybridized carbons (Fsp3) is 0.500. The molecule has 2 fully saturated rings. The van der Waals surface area contributed by atoms with E-state index in [1.165, 1.54) is 0 Å². The van der Waals surface area contributed by atoms with Gasteiger partial charge in [-0.3, -0.25) is 0 Å². The second kappa shape index (κ2) is 12.3. The Bertz CT molecular complexity index is 1590. The number of fused-ring (bicyclic) bond motifs is 2. The Morgan fingerprint density at radius 1 is 1.05 bits per heavy atom. The summed E-state index contributed by atoms with van der Waals surface area (Å²) in [5, 5.41) is 13.3. The summed E-state index contributed by atoms with van der Waals surface area (Å²) in [6.07, 6.45) is 2.65. The summed E-state index contributed by atoms with van der Waals surface area (Å²) in [4.78, 5) is 26.4. The molecule has 0 bridgehead atoms. The van der Waals surface area contributed by atoms with Crippen LogP contribution in [0.5, 0.6) is 5.88 Å². The smallest absolute Gasteiger partial charge is 0.410 e. The first-order valence-electron chi connectivity index (χ1n) is 15.6. The zero-order valence-corrected chi connectivity index (χ0v) is 26.9. The zero-order chi connectivity index (χ0) is 31.0. The van der Waals surface area contributed by atoms with Gasteiger partial charge in [-0.25, -0.2) is 4.79 Å². The summed E-state index contributed by atoms with van der Waals surface area (Å²) >= 11 is 6.72. The van der Waals surface area contributed by atoms with Crippen LogP contribution in [-0.2, 0) is 17.7 Å². The Morgan fingerprint density at radius 3 is 2.48 bits per heavy atom. The van der Waals surface area contributed by atoms with Crippen molar-refractivity contribution in [2.75, 3.05) is 62.7 Å². The number of nitrogens with zero attached hydrogens (tertiary/aromatic N) is 6. The maximum Gasteiger partial charge on any atom is 0.410 e. The highest BCUT2D eigenvalue weighted by Crippen LogP contribution is 2.40. The van der Waals surface area contributed by atoms with Crippen LogP contribution in [0.1, 0.15) is 50.3 Å². The highest BCUT2D eigenvalue weighted by Gasteiger charge is 2.33. The van der Waals surface area contributed by atoms with Gasteiger partial charge in [0.25, 0.3) is 0 Å². The first-order valence-corrected chi connectivity index (χ1v) is 15.9. The van der Waals surface area contributed by atoms with Gasteiger partial charge in [0.1, 0.15) is 29.7 Å². The van der Waals surface area contributed by atoms with E-state index in [9.17, 15) is 10.1 Å². The summed E-state index contributed by atoms with van der Waals surface area (Å²) in [6, 6.07) is 15.0. The van der Waals surface area contributed by atoms with Crippen molar-refractivity contribution in [3.05, 3.63) is 58.1 Å². The van der Waals surface area contributed by atoms with E-state index in [0.29, 0.717) is 61.8 Å². The third kappa shape index (κ3) is 6.11. The average molecular weight is 617 g/mol. The predicted octanol–water partition coefficient (Wildman–Crippen LogP) is 5.85. The van der Waals surface area contributed by atoms with Gasteiger partial charge in [-0.2, -0.15) is 10.2 Å². The van der Waals surface area contributed by atoms with E-state index >= 15 is 0 Å². The van der Waals surface area contributed by atoms with Crippen LogP contribution in [0.15, 0.2) is 36.4 Å². The summed E-state index contributed by atoms with van der Waals surface area (Å²) in [6.45, 7) is 10.8. The van der Waals surface area contributed by atoms with E-state index in [2.05, 4.69) is 52.1 Å². The van der Waals surface area contributed by atoms with Crippen molar-refractivity contribution < 1.29 is 14.3 Å². The van der Waals surface area contributed by atoms with E-state index in [4.69, 9.17) is 26.1 Å². The molecule has 9 nitrogen and oxygen atoms in total. The molecule has 1 amide bonds.